The molecule has 0 atom stereocenters. The van der Waals surface area contributed by atoms with E-state index in [2.05, 4.69) is 12.2 Å². The van der Waals surface area contributed by atoms with E-state index in [0.29, 0.717) is 12.8 Å². The van der Waals surface area contributed by atoms with Gasteiger partial charge in [0.1, 0.15) is 17.2 Å². The van der Waals surface area contributed by atoms with Crippen LogP contribution >= 0.6 is 0 Å². The summed E-state index contributed by atoms with van der Waals surface area (Å²) >= 11 is 0. The van der Waals surface area contributed by atoms with Crippen LogP contribution < -0.4 is 4.74 Å². The molecule has 0 unspecified atom stereocenters. The topological polar surface area (TPSA) is 49.7 Å². The normalized spacial score (nSPS) is 10.8. The standard InChI is InChI=1S/C25H30O3/c1-17(2)6-13-22-21(15-10-19-8-11-20(28-5)12-9-19)23(14-7-18(3)4)25(27)16-24(22)26/h6-12,15-16,26-27H,13-14H2,1-5H3/b15-10+. The lowest BCUT2D eigenvalue weighted by atomic mass is 9.93. The molecule has 0 bridgehead atoms. The number of hydrogen-bond donors (Lipinski definition) is 2. The summed E-state index contributed by atoms with van der Waals surface area (Å²) in [6.07, 6.45) is 9.36. The van der Waals surface area contributed by atoms with Crippen LogP contribution in [0.25, 0.3) is 12.2 Å². The van der Waals surface area contributed by atoms with Crippen molar-refractivity contribution in [3.05, 3.63) is 75.9 Å². The Hall–Kier alpha value is -2.94. The maximum atomic E-state index is 10.5. The first-order chi connectivity index (χ1) is 13.3. The SMILES string of the molecule is COc1ccc(/C=C/c2c(CC=C(C)C)c(O)cc(O)c2CC=C(C)C)cc1. The highest BCUT2D eigenvalue weighted by Gasteiger charge is 2.15. The molecule has 0 aliphatic carbocycles. The maximum absolute atomic E-state index is 10.5. The number of rotatable bonds is 7. The average Bonchev–Trinajstić information content (AvgIpc) is 2.64. The zero-order valence-corrected chi connectivity index (χ0v) is 17.4. The van der Waals surface area contributed by atoms with Gasteiger partial charge in [-0.2, -0.15) is 0 Å². The molecule has 3 nitrogen and oxygen atoms in total. The predicted molar refractivity (Wildman–Crippen MR) is 118 cm³/mol. The molecule has 28 heavy (non-hydrogen) atoms. The van der Waals surface area contributed by atoms with Gasteiger partial charge >= 0.3 is 0 Å². The molecule has 0 spiro atoms. The summed E-state index contributed by atoms with van der Waals surface area (Å²) in [6, 6.07) is 9.22. The number of ether oxygens (including phenoxy) is 1. The van der Waals surface area contributed by atoms with Gasteiger partial charge in [0.05, 0.1) is 7.11 Å². The van der Waals surface area contributed by atoms with Gasteiger partial charge in [-0.1, -0.05) is 47.6 Å². The Morgan fingerprint density at radius 2 is 1.32 bits per heavy atom. The summed E-state index contributed by atoms with van der Waals surface area (Å²) in [5.74, 6) is 1.04. The Morgan fingerprint density at radius 1 is 0.821 bits per heavy atom. The van der Waals surface area contributed by atoms with Crippen LogP contribution in [0.4, 0.5) is 0 Å². The summed E-state index contributed by atoms with van der Waals surface area (Å²) in [5.41, 5.74) is 5.89. The van der Waals surface area contributed by atoms with Gasteiger partial charge in [-0.05, 0) is 63.8 Å². The Balaban J connectivity index is 2.55. The highest BCUT2D eigenvalue weighted by atomic mass is 16.5. The van der Waals surface area contributed by atoms with Gasteiger partial charge in [-0.25, -0.2) is 0 Å². The molecule has 2 aromatic carbocycles. The number of methoxy groups -OCH3 is 1. The molecule has 2 rings (SSSR count). The minimum atomic E-state index is 0.116. The third-order valence-corrected chi connectivity index (χ3v) is 4.53. The van der Waals surface area contributed by atoms with Crippen molar-refractivity contribution in [3.8, 4) is 17.2 Å². The molecule has 148 valence electrons. The summed E-state index contributed by atoms with van der Waals surface area (Å²) in [6.45, 7) is 8.14. The van der Waals surface area contributed by atoms with Gasteiger partial charge in [0.25, 0.3) is 0 Å². The number of phenols is 2. The quantitative estimate of drug-likeness (QED) is 0.439. The highest BCUT2D eigenvalue weighted by Crippen LogP contribution is 2.35. The lowest BCUT2D eigenvalue weighted by molar-refractivity contribution is 0.415. The van der Waals surface area contributed by atoms with E-state index in [-0.39, 0.29) is 11.5 Å². The van der Waals surface area contributed by atoms with Gasteiger partial charge < -0.3 is 14.9 Å². The molecule has 0 aliphatic rings. The van der Waals surface area contributed by atoms with Crippen LogP contribution in [0.5, 0.6) is 17.2 Å². The van der Waals surface area contributed by atoms with E-state index in [9.17, 15) is 10.2 Å². The fraction of sp³-hybridized carbons (Fsp3) is 0.280. The Kier molecular flexibility index (Phi) is 7.51. The molecule has 0 saturated carbocycles. The number of aromatic hydroxyl groups is 2. The van der Waals surface area contributed by atoms with Crippen LogP contribution in [0.3, 0.4) is 0 Å². The third kappa shape index (κ3) is 5.78. The lowest BCUT2D eigenvalue weighted by Crippen LogP contribution is -1.97. The lowest BCUT2D eigenvalue weighted by Gasteiger charge is -2.15. The van der Waals surface area contributed by atoms with Crippen LogP contribution in [0.1, 0.15) is 49.9 Å². The second kappa shape index (κ2) is 9.84. The number of benzene rings is 2. The molecule has 0 amide bonds. The monoisotopic (exact) mass is 378 g/mol. The van der Waals surface area contributed by atoms with E-state index in [1.165, 1.54) is 17.2 Å². The molecule has 2 N–H and O–H groups in total. The van der Waals surface area contributed by atoms with E-state index in [1.54, 1.807) is 7.11 Å². The van der Waals surface area contributed by atoms with E-state index in [0.717, 1.165) is 28.0 Å². The van der Waals surface area contributed by atoms with Crippen LogP contribution in [0.15, 0.2) is 53.6 Å². The third-order valence-electron chi connectivity index (χ3n) is 4.53. The van der Waals surface area contributed by atoms with Crippen molar-refractivity contribution < 1.29 is 14.9 Å². The Morgan fingerprint density at radius 3 is 1.75 bits per heavy atom. The summed E-state index contributed by atoms with van der Waals surface area (Å²) in [7, 11) is 1.64. The van der Waals surface area contributed by atoms with Crippen molar-refractivity contribution in [3.63, 3.8) is 0 Å². The smallest absolute Gasteiger partial charge is 0.123 e. The predicted octanol–water partition coefficient (Wildman–Crippen LogP) is 6.29. The van der Waals surface area contributed by atoms with E-state index in [4.69, 9.17) is 4.74 Å². The Bertz CT molecular complexity index is 848. The molecular weight excluding hydrogens is 348 g/mol. The van der Waals surface area contributed by atoms with Crippen LogP contribution in [-0.2, 0) is 12.8 Å². The Labute approximate surface area is 168 Å². The molecule has 0 heterocycles. The zero-order valence-electron chi connectivity index (χ0n) is 17.4. The largest absolute Gasteiger partial charge is 0.507 e. The molecule has 3 heteroatoms. The van der Waals surface area contributed by atoms with E-state index >= 15 is 0 Å². The molecular formula is C25H30O3. The summed E-state index contributed by atoms with van der Waals surface area (Å²) in [5, 5.41) is 21.0. The second-order valence-corrected chi connectivity index (χ2v) is 7.36. The van der Waals surface area contributed by atoms with Crippen molar-refractivity contribution >= 4 is 12.2 Å². The van der Waals surface area contributed by atoms with E-state index < -0.39 is 0 Å². The van der Waals surface area contributed by atoms with Crippen molar-refractivity contribution in [2.75, 3.05) is 7.11 Å². The van der Waals surface area contributed by atoms with Crippen molar-refractivity contribution in [2.45, 2.75) is 40.5 Å². The number of phenolic OH excluding ortho intramolecular Hbond substituents is 2. The number of allylic oxidation sites excluding steroid dienone is 4. The molecule has 0 radical (unpaired) electrons. The summed E-state index contributed by atoms with van der Waals surface area (Å²) in [4.78, 5) is 0. The highest BCUT2D eigenvalue weighted by molar-refractivity contribution is 5.76. The van der Waals surface area contributed by atoms with Crippen molar-refractivity contribution in [1.82, 2.24) is 0 Å². The van der Waals surface area contributed by atoms with Gasteiger partial charge in [-0.15, -0.1) is 0 Å². The second-order valence-electron chi connectivity index (χ2n) is 7.36. The van der Waals surface area contributed by atoms with Gasteiger partial charge in [0.2, 0.25) is 0 Å². The van der Waals surface area contributed by atoms with Crippen LogP contribution in [0.2, 0.25) is 0 Å². The van der Waals surface area contributed by atoms with Gasteiger partial charge in [-0.3, -0.25) is 0 Å². The first kappa shape index (κ1) is 21.4. The zero-order chi connectivity index (χ0) is 20.7. The molecule has 0 aromatic heterocycles. The first-order valence-corrected chi connectivity index (χ1v) is 9.47. The van der Waals surface area contributed by atoms with Gasteiger partial charge in [0.15, 0.2) is 0 Å². The number of hydrogen-bond acceptors (Lipinski definition) is 3. The molecule has 0 saturated heterocycles. The maximum Gasteiger partial charge on any atom is 0.123 e. The van der Waals surface area contributed by atoms with Gasteiger partial charge in [0, 0.05) is 17.2 Å². The minimum Gasteiger partial charge on any atom is -0.507 e. The fourth-order valence-corrected chi connectivity index (χ4v) is 2.90. The molecule has 0 fully saturated rings. The summed E-state index contributed by atoms with van der Waals surface area (Å²) < 4.78 is 5.21. The van der Waals surface area contributed by atoms with Crippen LogP contribution in [0, 0.1) is 0 Å². The minimum absolute atomic E-state index is 0.116. The molecule has 2 aromatic rings. The van der Waals surface area contributed by atoms with Crippen molar-refractivity contribution in [1.29, 1.82) is 0 Å². The molecule has 0 aliphatic heterocycles. The van der Waals surface area contributed by atoms with Crippen LogP contribution in [-0.4, -0.2) is 17.3 Å². The average molecular weight is 379 g/mol. The van der Waals surface area contributed by atoms with E-state index in [1.807, 2.05) is 64.1 Å². The fourth-order valence-electron chi connectivity index (χ4n) is 2.90. The first-order valence-electron chi connectivity index (χ1n) is 9.47. The van der Waals surface area contributed by atoms with Crippen molar-refractivity contribution in [2.24, 2.45) is 0 Å².